The molecule has 0 saturated carbocycles. The predicted octanol–water partition coefficient (Wildman–Crippen LogP) is 3.81. The number of carbonyl (C=O) groups excluding carboxylic acids is 2. The van der Waals surface area contributed by atoms with E-state index in [-0.39, 0.29) is 18.0 Å². The average Bonchev–Trinajstić information content (AvgIpc) is 2.78. The van der Waals surface area contributed by atoms with Crippen molar-refractivity contribution in [1.82, 2.24) is 10.2 Å². The van der Waals surface area contributed by atoms with Crippen LogP contribution in [0.2, 0.25) is 0 Å². The minimum absolute atomic E-state index is 0.0806. The second-order valence-electron chi connectivity index (χ2n) is 7.72. The van der Waals surface area contributed by atoms with Crippen molar-refractivity contribution in [3.05, 3.63) is 59.2 Å². The number of benzene rings is 2. The first-order chi connectivity index (χ1) is 14.6. The van der Waals surface area contributed by atoms with Crippen LogP contribution in [0.3, 0.4) is 0 Å². The lowest BCUT2D eigenvalue weighted by molar-refractivity contribution is 0.0582. The second kappa shape index (κ2) is 8.78. The molecule has 0 aromatic heterocycles. The maximum atomic E-state index is 13.0. The van der Waals surface area contributed by atoms with Crippen LogP contribution in [0.4, 0.5) is 5.69 Å². The van der Waals surface area contributed by atoms with Gasteiger partial charge in [-0.1, -0.05) is 18.2 Å². The number of ether oxygens (including phenoxy) is 1. The fraction of sp³-hybridized carbons (Fsp3) is 0.417. The largest absolute Gasteiger partial charge is 0.494 e. The highest BCUT2D eigenvalue weighted by Gasteiger charge is 2.38. The zero-order chi connectivity index (χ0) is 21.1. The third-order valence-corrected chi connectivity index (χ3v) is 5.94. The minimum Gasteiger partial charge on any atom is -0.494 e. The Kier molecular flexibility index (Phi) is 5.93. The molecule has 2 aliphatic heterocycles. The molecule has 6 nitrogen and oxygen atoms in total. The van der Waals surface area contributed by atoms with E-state index < -0.39 is 0 Å². The second-order valence-corrected chi connectivity index (χ2v) is 7.72. The summed E-state index contributed by atoms with van der Waals surface area (Å²) in [7, 11) is 0. The molecule has 1 N–H and O–H groups in total. The van der Waals surface area contributed by atoms with E-state index in [1.807, 2.05) is 42.2 Å². The summed E-state index contributed by atoms with van der Waals surface area (Å²) >= 11 is 0. The Morgan fingerprint density at radius 1 is 1.17 bits per heavy atom. The van der Waals surface area contributed by atoms with Gasteiger partial charge in [-0.05, 0) is 57.4 Å². The smallest absolute Gasteiger partial charge is 0.257 e. The van der Waals surface area contributed by atoms with E-state index in [0.29, 0.717) is 24.3 Å². The number of piperidine rings is 1. The molecule has 0 spiro atoms. The van der Waals surface area contributed by atoms with Crippen LogP contribution in [-0.2, 0) is 6.54 Å². The molecule has 2 aromatic rings. The van der Waals surface area contributed by atoms with E-state index in [1.165, 1.54) is 0 Å². The van der Waals surface area contributed by atoms with E-state index in [1.54, 1.807) is 12.1 Å². The molecular formula is C24H29N3O3. The van der Waals surface area contributed by atoms with E-state index >= 15 is 0 Å². The van der Waals surface area contributed by atoms with E-state index in [4.69, 9.17) is 4.74 Å². The van der Waals surface area contributed by atoms with Crippen molar-refractivity contribution in [3.8, 4) is 5.75 Å². The molecule has 0 bridgehead atoms. The summed E-state index contributed by atoms with van der Waals surface area (Å²) in [4.78, 5) is 30.1. The Labute approximate surface area is 177 Å². The molecule has 0 radical (unpaired) electrons. The van der Waals surface area contributed by atoms with E-state index in [0.717, 1.165) is 49.4 Å². The Balaban J connectivity index is 1.55. The van der Waals surface area contributed by atoms with Crippen LogP contribution in [0.1, 0.15) is 59.4 Å². The molecule has 30 heavy (non-hydrogen) atoms. The number of rotatable bonds is 6. The van der Waals surface area contributed by atoms with Gasteiger partial charge in [0.25, 0.3) is 11.8 Å². The van der Waals surface area contributed by atoms with Crippen molar-refractivity contribution in [2.24, 2.45) is 0 Å². The third-order valence-electron chi connectivity index (χ3n) is 5.94. The van der Waals surface area contributed by atoms with Gasteiger partial charge in [-0.3, -0.25) is 9.59 Å². The first-order valence-corrected chi connectivity index (χ1v) is 10.8. The third kappa shape index (κ3) is 3.74. The van der Waals surface area contributed by atoms with Crippen molar-refractivity contribution in [2.45, 2.75) is 45.8 Å². The van der Waals surface area contributed by atoms with Gasteiger partial charge >= 0.3 is 0 Å². The van der Waals surface area contributed by atoms with Crippen molar-refractivity contribution in [3.63, 3.8) is 0 Å². The molecule has 0 aliphatic carbocycles. The van der Waals surface area contributed by atoms with Crippen molar-refractivity contribution in [2.75, 3.05) is 24.6 Å². The number of carbonyl (C=O) groups is 2. The molecule has 4 rings (SSSR count). The van der Waals surface area contributed by atoms with Gasteiger partial charge in [-0.2, -0.15) is 0 Å². The summed E-state index contributed by atoms with van der Waals surface area (Å²) in [5, 5.41) is 2.99. The van der Waals surface area contributed by atoms with Crippen LogP contribution in [0.15, 0.2) is 42.5 Å². The molecule has 6 heteroatoms. The van der Waals surface area contributed by atoms with Crippen LogP contribution < -0.4 is 15.0 Å². The van der Waals surface area contributed by atoms with E-state index in [2.05, 4.69) is 17.1 Å². The van der Waals surface area contributed by atoms with Crippen molar-refractivity contribution < 1.29 is 14.3 Å². The number of hydrogen-bond acceptors (Lipinski definition) is 4. The zero-order valence-corrected chi connectivity index (χ0v) is 17.7. The number of hydrogen-bond donors (Lipinski definition) is 1. The molecular weight excluding hydrogens is 378 g/mol. The van der Waals surface area contributed by atoms with Crippen LogP contribution in [0, 0.1) is 0 Å². The number of para-hydroxylation sites is 1. The fourth-order valence-electron chi connectivity index (χ4n) is 4.49. The molecule has 2 amide bonds. The van der Waals surface area contributed by atoms with Crippen LogP contribution in [-0.4, -0.2) is 42.6 Å². The Bertz CT molecular complexity index is 943. The summed E-state index contributed by atoms with van der Waals surface area (Å²) in [6.07, 6.45) is 3.25. The molecule has 1 saturated heterocycles. The lowest BCUT2D eigenvalue weighted by Gasteiger charge is -2.47. The van der Waals surface area contributed by atoms with Gasteiger partial charge in [-0.15, -0.1) is 0 Å². The maximum Gasteiger partial charge on any atom is 0.257 e. The van der Waals surface area contributed by atoms with Crippen molar-refractivity contribution in [1.29, 1.82) is 0 Å². The SMILES string of the molecule is CCOc1ccccc1CNC(=O)c1ccc2c(c1)N(CC)[C@H]1CCCCN1C2=O. The van der Waals surface area contributed by atoms with Gasteiger partial charge in [0.1, 0.15) is 11.9 Å². The Morgan fingerprint density at radius 3 is 2.80 bits per heavy atom. The van der Waals surface area contributed by atoms with E-state index in [9.17, 15) is 9.59 Å². The standard InChI is InChI=1S/C24H29N3O3/c1-3-26-20-15-17(12-13-19(20)24(29)27-14-8-7-11-22(26)27)23(28)25-16-18-9-5-6-10-21(18)30-4-2/h5-6,9-10,12-13,15,22H,3-4,7-8,11,14,16H2,1-2H3,(H,25,28)/t22-/m1/s1. The molecule has 2 heterocycles. The highest BCUT2D eigenvalue weighted by atomic mass is 16.5. The maximum absolute atomic E-state index is 13.0. The summed E-state index contributed by atoms with van der Waals surface area (Å²) < 4.78 is 5.64. The van der Waals surface area contributed by atoms with Crippen LogP contribution in [0.25, 0.3) is 0 Å². The predicted molar refractivity (Wildman–Crippen MR) is 117 cm³/mol. The average molecular weight is 408 g/mol. The van der Waals surface area contributed by atoms with Gasteiger partial charge in [0, 0.05) is 30.8 Å². The summed E-state index contributed by atoms with van der Waals surface area (Å²) in [6, 6.07) is 13.1. The van der Waals surface area contributed by atoms with Gasteiger partial charge in [0.15, 0.2) is 0 Å². The fourth-order valence-corrected chi connectivity index (χ4v) is 4.49. The summed E-state index contributed by atoms with van der Waals surface area (Å²) in [5.74, 6) is 0.710. The summed E-state index contributed by atoms with van der Waals surface area (Å²) in [6.45, 7) is 6.61. The number of nitrogens with zero attached hydrogens (tertiary/aromatic N) is 2. The molecule has 1 fully saturated rings. The quantitative estimate of drug-likeness (QED) is 0.791. The lowest BCUT2D eigenvalue weighted by atomic mass is 9.97. The molecule has 2 aromatic carbocycles. The molecule has 1 atom stereocenters. The molecule has 0 unspecified atom stereocenters. The lowest BCUT2D eigenvalue weighted by Crippen LogP contribution is -2.57. The number of amides is 2. The molecule has 2 aliphatic rings. The van der Waals surface area contributed by atoms with Crippen LogP contribution >= 0.6 is 0 Å². The first-order valence-electron chi connectivity index (χ1n) is 10.8. The normalized spacial score (nSPS) is 17.9. The van der Waals surface area contributed by atoms with Gasteiger partial charge in [0.05, 0.1) is 17.9 Å². The first kappa shape index (κ1) is 20.3. The Hall–Kier alpha value is -3.02. The Morgan fingerprint density at radius 2 is 2.00 bits per heavy atom. The highest BCUT2D eigenvalue weighted by Crippen LogP contribution is 2.35. The number of fused-ring (bicyclic) bond motifs is 2. The van der Waals surface area contributed by atoms with Gasteiger partial charge < -0.3 is 19.9 Å². The highest BCUT2D eigenvalue weighted by molar-refractivity contribution is 6.04. The van der Waals surface area contributed by atoms with Crippen molar-refractivity contribution >= 4 is 17.5 Å². The monoisotopic (exact) mass is 407 g/mol. The summed E-state index contributed by atoms with van der Waals surface area (Å²) in [5.41, 5.74) is 3.06. The van der Waals surface area contributed by atoms with Gasteiger partial charge in [0.2, 0.25) is 0 Å². The van der Waals surface area contributed by atoms with Crippen LogP contribution in [0.5, 0.6) is 5.75 Å². The van der Waals surface area contributed by atoms with Gasteiger partial charge in [-0.25, -0.2) is 0 Å². The minimum atomic E-state index is -0.154. The zero-order valence-electron chi connectivity index (χ0n) is 17.7. The molecule has 158 valence electrons. The number of nitrogens with one attached hydrogen (secondary N) is 1. The number of anilines is 1. The topological polar surface area (TPSA) is 61.9 Å².